The van der Waals surface area contributed by atoms with Gasteiger partial charge in [0.25, 0.3) is 5.91 Å². The minimum atomic E-state index is -0.247. The van der Waals surface area contributed by atoms with Crippen molar-refractivity contribution < 1.29 is 4.79 Å². The SMILES string of the molecule is CSC(=Nc1cccc(C(=O)Nc2ccc(Cl)cc2)c1)NC#N. The van der Waals surface area contributed by atoms with E-state index in [0.717, 1.165) is 0 Å². The van der Waals surface area contributed by atoms with Crippen LogP contribution >= 0.6 is 23.4 Å². The van der Waals surface area contributed by atoms with Gasteiger partial charge < -0.3 is 5.32 Å². The van der Waals surface area contributed by atoms with Crippen molar-refractivity contribution in [2.24, 2.45) is 4.99 Å². The molecule has 2 aromatic rings. The van der Waals surface area contributed by atoms with E-state index in [-0.39, 0.29) is 5.91 Å². The maximum Gasteiger partial charge on any atom is 0.255 e. The Labute approximate surface area is 143 Å². The molecule has 0 fully saturated rings. The predicted molar refractivity (Wildman–Crippen MR) is 95.2 cm³/mol. The van der Waals surface area contributed by atoms with Crippen LogP contribution in [0.3, 0.4) is 0 Å². The molecule has 7 heteroatoms. The highest BCUT2D eigenvalue weighted by Crippen LogP contribution is 2.18. The Morgan fingerprint density at radius 2 is 2.00 bits per heavy atom. The van der Waals surface area contributed by atoms with Crippen LogP contribution in [0.1, 0.15) is 10.4 Å². The van der Waals surface area contributed by atoms with Crippen LogP contribution in [0.2, 0.25) is 5.02 Å². The Kier molecular flexibility index (Phi) is 6.03. The molecule has 0 aromatic heterocycles. The average Bonchev–Trinajstić information content (AvgIpc) is 2.56. The second-order valence-corrected chi connectivity index (χ2v) is 5.60. The van der Waals surface area contributed by atoms with Gasteiger partial charge in [0.05, 0.1) is 5.69 Å². The van der Waals surface area contributed by atoms with E-state index in [4.69, 9.17) is 16.9 Å². The number of nitrogens with zero attached hydrogens (tertiary/aromatic N) is 2. The summed E-state index contributed by atoms with van der Waals surface area (Å²) in [5.74, 6) is -0.247. The monoisotopic (exact) mass is 344 g/mol. The van der Waals surface area contributed by atoms with E-state index in [1.807, 2.05) is 6.19 Å². The van der Waals surface area contributed by atoms with Gasteiger partial charge in [0.2, 0.25) is 0 Å². The van der Waals surface area contributed by atoms with Crippen molar-refractivity contribution in [3.05, 3.63) is 59.1 Å². The fourth-order valence-corrected chi connectivity index (χ4v) is 2.21. The molecule has 0 heterocycles. The first-order chi connectivity index (χ1) is 11.1. The molecule has 2 rings (SSSR count). The van der Waals surface area contributed by atoms with E-state index in [0.29, 0.717) is 27.1 Å². The molecule has 0 saturated carbocycles. The molecule has 0 radical (unpaired) electrons. The third-order valence-electron chi connectivity index (χ3n) is 2.80. The van der Waals surface area contributed by atoms with Gasteiger partial charge in [-0.2, -0.15) is 5.26 Å². The number of carbonyl (C=O) groups excluding carboxylic acids is 1. The first kappa shape index (κ1) is 16.9. The van der Waals surface area contributed by atoms with Crippen molar-refractivity contribution >= 4 is 45.8 Å². The van der Waals surface area contributed by atoms with E-state index in [2.05, 4.69) is 15.6 Å². The van der Waals surface area contributed by atoms with Gasteiger partial charge in [-0.05, 0) is 48.7 Å². The molecule has 0 spiro atoms. The molecule has 0 unspecified atom stereocenters. The average molecular weight is 345 g/mol. The number of aliphatic imine (C=N–C) groups is 1. The molecule has 23 heavy (non-hydrogen) atoms. The number of thioether (sulfide) groups is 1. The molecule has 0 bridgehead atoms. The fourth-order valence-electron chi connectivity index (χ4n) is 1.74. The second-order valence-electron chi connectivity index (χ2n) is 4.37. The standard InChI is InChI=1S/C16H13ClN4OS/c1-23-16(19-10-18)21-14-4-2-3-11(9-14)15(22)20-13-7-5-12(17)6-8-13/h2-9H,1H3,(H,19,21)(H,20,22). The Bertz CT molecular complexity index is 768. The van der Waals surface area contributed by atoms with Crippen LogP contribution < -0.4 is 10.6 Å². The van der Waals surface area contributed by atoms with Gasteiger partial charge in [0.1, 0.15) is 0 Å². The molecule has 1 amide bonds. The number of benzene rings is 2. The maximum atomic E-state index is 12.3. The molecular weight excluding hydrogens is 332 g/mol. The Balaban J connectivity index is 2.17. The van der Waals surface area contributed by atoms with Crippen LogP contribution in [-0.2, 0) is 0 Å². The highest BCUT2D eigenvalue weighted by Gasteiger charge is 2.07. The molecule has 0 aliphatic heterocycles. The van der Waals surface area contributed by atoms with Crippen molar-refractivity contribution in [1.29, 1.82) is 5.26 Å². The maximum absolute atomic E-state index is 12.3. The molecule has 116 valence electrons. The van der Waals surface area contributed by atoms with E-state index in [1.54, 1.807) is 54.8 Å². The number of nitriles is 1. The Morgan fingerprint density at radius 1 is 1.26 bits per heavy atom. The highest BCUT2D eigenvalue weighted by atomic mass is 35.5. The number of amides is 1. The number of rotatable bonds is 3. The molecule has 5 nitrogen and oxygen atoms in total. The molecule has 0 saturated heterocycles. The van der Waals surface area contributed by atoms with E-state index >= 15 is 0 Å². The lowest BCUT2D eigenvalue weighted by Crippen LogP contribution is -2.13. The van der Waals surface area contributed by atoms with Crippen LogP contribution in [0.15, 0.2) is 53.5 Å². The van der Waals surface area contributed by atoms with Crippen molar-refractivity contribution in [3.63, 3.8) is 0 Å². The first-order valence-electron chi connectivity index (χ1n) is 6.57. The number of hydrogen-bond donors (Lipinski definition) is 2. The van der Waals surface area contributed by atoms with E-state index in [9.17, 15) is 4.79 Å². The zero-order valence-electron chi connectivity index (χ0n) is 12.2. The lowest BCUT2D eigenvalue weighted by Gasteiger charge is -2.06. The summed E-state index contributed by atoms with van der Waals surface area (Å²) in [7, 11) is 0. The van der Waals surface area contributed by atoms with Gasteiger partial charge in [-0.25, -0.2) is 4.99 Å². The molecule has 0 aliphatic carbocycles. The summed E-state index contributed by atoms with van der Waals surface area (Å²) >= 11 is 7.13. The largest absolute Gasteiger partial charge is 0.322 e. The number of amidine groups is 1. The molecule has 0 aliphatic rings. The summed E-state index contributed by atoms with van der Waals surface area (Å²) in [6, 6.07) is 13.7. The van der Waals surface area contributed by atoms with Gasteiger partial charge in [0.15, 0.2) is 11.4 Å². The summed E-state index contributed by atoms with van der Waals surface area (Å²) in [6.45, 7) is 0. The minimum Gasteiger partial charge on any atom is -0.322 e. The number of nitrogens with one attached hydrogen (secondary N) is 2. The first-order valence-corrected chi connectivity index (χ1v) is 8.17. The summed E-state index contributed by atoms with van der Waals surface area (Å²) in [4.78, 5) is 16.5. The molecule has 2 aromatic carbocycles. The summed E-state index contributed by atoms with van der Waals surface area (Å²) < 4.78 is 0. The van der Waals surface area contributed by atoms with Crippen molar-refractivity contribution in [2.45, 2.75) is 0 Å². The van der Waals surface area contributed by atoms with Crippen LogP contribution in [-0.4, -0.2) is 17.3 Å². The van der Waals surface area contributed by atoms with Gasteiger partial charge in [-0.1, -0.05) is 29.4 Å². The topological polar surface area (TPSA) is 77.3 Å². The normalized spacial score (nSPS) is 10.7. The van der Waals surface area contributed by atoms with Crippen LogP contribution in [0, 0.1) is 11.5 Å². The number of halogens is 1. The summed E-state index contributed by atoms with van der Waals surface area (Å²) in [5, 5.41) is 15.0. The molecule has 0 atom stereocenters. The van der Waals surface area contributed by atoms with Gasteiger partial charge in [-0.3, -0.25) is 10.1 Å². The Hall–Kier alpha value is -2.49. The number of anilines is 1. The third kappa shape index (κ3) is 5.02. The summed E-state index contributed by atoms with van der Waals surface area (Å²) in [6.07, 6.45) is 3.63. The summed E-state index contributed by atoms with van der Waals surface area (Å²) in [5.41, 5.74) is 1.71. The van der Waals surface area contributed by atoms with Crippen LogP contribution in [0.5, 0.6) is 0 Å². The quantitative estimate of drug-likeness (QED) is 0.381. The van der Waals surface area contributed by atoms with E-state index in [1.165, 1.54) is 11.8 Å². The molecule has 2 N–H and O–H groups in total. The molecular formula is C16H13ClN4OS. The van der Waals surface area contributed by atoms with Crippen molar-refractivity contribution in [1.82, 2.24) is 5.32 Å². The third-order valence-corrected chi connectivity index (χ3v) is 3.63. The van der Waals surface area contributed by atoms with Crippen LogP contribution in [0.25, 0.3) is 0 Å². The van der Waals surface area contributed by atoms with Crippen LogP contribution in [0.4, 0.5) is 11.4 Å². The van der Waals surface area contributed by atoms with E-state index < -0.39 is 0 Å². The van der Waals surface area contributed by atoms with Gasteiger partial charge in [-0.15, -0.1) is 0 Å². The van der Waals surface area contributed by atoms with Gasteiger partial charge in [0, 0.05) is 16.3 Å². The lowest BCUT2D eigenvalue weighted by molar-refractivity contribution is 0.102. The second kappa shape index (κ2) is 8.22. The van der Waals surface area contributed by atoms with Gasteiger partial charge >= 0.3 is 0 Å². The fraction of sp³-hybridized carbons (Fsp3) is 0.0625. The smallest absolute Gasteiger partial charge is 0.255 e. The zero-order chi connectivity index (χ0) is 16.7. The zero-order valence-corrected chi connectivity index (χ0v) is 13.8. The van der Waals surface area contributed by atoms with Crippen molar-refractivity contribution in [3.8, 4) is 6.19 Å². The predicted octanol–water partition coefficient (Wildman–Crippen LogP) is 4.01. The number of hydrogen-bond acceptors (Lipinski definition) is 4. The lowest BCUT2D eigenvalue weighted by atomic mass is 10.2. The van der Waals surface area contributed by atoms with Crippen molar-refractivity contribution in [2.75, 3.05) is 11.6 Å². The number of carbonyl (C=O) groups is 1. The highest BCUT2D eigenvalue weighted by molar-refractivity contribution is 8.13. The minimum absolute atomic E-state index is 0.247. The Morgan fingerprint density at radius 3 is 2.65 bits per heavy atom.